The summed E-state index contributed by atoms with van der Waals surface area (Å²) in [5.41, 5.74) is 0.582. The number of hydrogen-bond donors (Lipinski definition) is 1. The minimum absolute atomic E-state index is 0.582. The molecule has 1 saturated carbocycles. The summed E-state index contributed by atoms with van der Waals surface area (Å²) in [6, 6.07) is 1.47. The maximum Gasteiger partial charge on any atom is 0.00697 e. The maximum absolute atomic E-state index is 3.82. The van der Waals surface area contributed by atoms with Crippen molar-refractivity contribution in [1.29, 1.82) is 0 Å². The second kappa shape index (κ2) is 6.90. The highest BCUT2D eigenvalue weighted by atomic mass is 32.2. The Morgan fingerprint density at radius 3 is 2.75 bits per heavy atom. The van der Waals surface area contributed by atoms with Crippen LogP contribution in [-0.2, 0) is 0 Å². The Morgan fingerprint density at radius 2 is 2.06 bits per heavy atom. The number of nitrogens with one attached hydrogen (secondary N) is 1. The normalized spacial score (nSPS) is 27.4. The molecular weight excluding hydrogens is 214 g/mol. The number of rotatable bonds is 5. The molecule has 2 unspecified atom stereocenters. The maximum atomic E-state index is 3.82. The van der Waals surface area contributed by atoms with Gasteiger partial charge in [0.05, 0.1) is 0 Å². The molecule has 1 N–H and O–H groups in total. The van der Waals surface area contributed by atoms with E-state index in [0.29, 0.717) is 11.5 Å². The molecule has 1 aliphatic carbocycles. The Labute approximate surface area is 106 Å². The van der Waals surface area contributed by atoms with Gasteiger partial charge in [0.15, 0.2) is 0 Å². The smallest absolute Gasteiger partial charge is 0.00697 e. The molecule has 1 nitrogen and oxygen atoms in total. The molecule has 0 aromatic carbocycles. The quantitative estimate of drug-likeness (QED) is 0.730. The van der Waals surface area contributed by atoms with Gasteiger partial charge in [0.25, 0.3) is 0 Å². The van der Waals surface area contributed by atoms with Crippen LogP contribution in [0.25, 0.3) is 0 Å². The molecule has 0 aromatic rings. The molecule has 0 heterocycles. The summed E-state index contributed by atoms with van der Waals surface area (Å²) in [5.74, 6) is 1.28. The second-order valence-corrected chi connectivity index (χ2v) is 7.13. The third-order valence-electron chi connectivity index (χ3n) is 3.85. The van der Waals surface area contributed by atoms with E-state index in [1.807, 2.05) is 11.8 Å². The van der Waals surface area contributed by atoms with Crippen LogP contribution in [0.4, 0.5) is 0 Å². The molecule has 0 bridgehead atoms. The molecule has 0 saturated heterocycles. The highest BCUT2D eigenvalue weighted by Gasteiger charge is 2.24. The lowest BCUT2D eigenvalue weighted by Gasteiger charge is -2.24. The van der Waals surface area contributed by atoms with E-state index in [0.717, 1.165) is 6.04 Å². The fourth-order valence-electron chi connectivity index (χ4n) is 2.61. The molecule has 1 rings (SSSR count). The topological polar surface area (TPSA) is 12.0 Å². The van der Waals surface area contributed by atoms with Crippen molar-refractivity contribution in [3.63, 3.8) is 0 Å². The van der Waals surface area contributed by atoms with Gasteiger partial charge in [-0.15, -0.1) is 0 Å². The first-order valence-electron chi connectivity index (χ1n) is 6.78. The second-order valence-electron chi connectivity index (χ2n) is 6.14. The third kappa shape index (κ3) is 5.58. The minimum Gasteiger partial charge on any atom is -0.311 e. The minimum atomic E-state index is 0.582. The van der Waals surface area contributed by atoms with Gasteiger partial charge in [0, 0.05) is 12.1 Å². The van der Waals surface area contributed by atoms with E-state index in [4.69, 9.17) is 0 Å². The Morgan fingerprint density at radius 1 is 1.31 bits per heavy atom. The molecule has 0 amide bonds. The third-order valence-corrected chi connectivity index (χ3v) is 4.49. The van der Waals surface area contributed by atoms with Gasteiger partial charge in [0.2, 0.25) is 0 Å². The van der Waals surface area contributed by atoms with Gasteiger partial charge in [-0.3, -0.25) is 0 Å². The zero-order valence-corrected chi connectivity index (χ0v) is 12.3. The fraction of sp³-hybridized carbons (Fsp3) is 1.00. The first-order valence-corrected chi connectivity index (χ1v) is 8.18. The van der Waals surface area contributed by atoms with Crippen molar-refractivity contribution < 1.29 is 0 Å². The van der Waals surface area contributed by atoms with Crippen LogP contribution in [0, 0.1) is 5.41 Å². The van der Waals surface area contributed by atoms with Crippen LogP contribution in [-0.4, -0.2) is 24.1 Å². The summed E-state index contributed by atoms with van der Waals surface area (Å²) in [7, 11) is 0. The largest absolute Gasteiger partial charge is 0.311 e. The van der Waals surface area contributed by atoms with Crippen LogP contribution >= 0.6 is 11.8 Å². The summed E-state index contributed by atoms with van der Waals surface area (Å²) in [5, 5.41) is 3.82. The SMILES string of the molecule is CSCCC(C)NC1CCCC(C)(C)CC1. The van der Waals surface area contributed by atoms with Crippen molar-refractivity contribution >= 4 is 11.8 Å². The molecule has 0 aromatic heterocycles. The van der Waals surface area contributed by atoms with E-state index >= 15 is 0 Å². The van der Waals surface area contributed by atoms with E-state index in [1.54, 1.807) is 0 Å². The van der Waals surface area contributed by atoms with Gasteiger partial charge in [-0.05, 0) is 56.5 Å². The average Bonchev–Trinajstić information content (AvgIpc) is 2.37. The van der Waals surface area contributed by atoms with Crippen molar-refractivity contribution in [2.45, 2.75) is 71.4 Å². The van der Waals surface area contributed by atoms with Crippen LogP contribution < -0.4 is 5.32 Å². The average molecular weight is 243 g/mol. The molecule has 96 valence electrons. The molecule has 1 fully saturated rings. The molecule has 2 atom stereocenters. The van der Waals surface area contributed by atoms with Gasteiger partial charge in [0.1, 0.15) is 0 Å². The Hall–Kier alpha value is 0.310. The standard InChI is InChI=1S/C14H29NS/c1-12(8-11-16-4)15-13-6-5-9-14(2,3)10-7-13/h12-13,15H,5-11H2,1-4H3. The van der Waals surface area contributed by atoms with Crippen molar-refractivity contribution in [2.24, 2.45) is 5.41 Å². The fourth-order valence-corrected chi connectivity index (χ4v) is 3.20. The Balaban J connectivity index is 2.26. The predicted molar refractivity (Wildman–Crippen MR) is 76.3 cm³/mol. The lowest BCUT2D eigenvalue weighted by Crippen LogP contribution is -2.36. The van der Waals surface area contributed by atoms with E-state index in [-0.39, 0.29) is 0 Å². The lowest BCUT2D eigenvalue weighted by molar-refractivity contribution is 0.307. The van der Waals surface area contributed by atoms with E-state index in [9.17, 15) is 0 Å². The lowest BCUT2D eigenvalue weighted by atomic mass is 9.85. The number of thioether (sulfide) groups is 1. The van der Waals surface area contributed by atoms with Crippen LogP contribution in [0.1, 0.15) is 59.3 Å². The van der Waals surface area contributed by atoms with Crippen molar-refractivity contribution in [3.05, 3.63) is 0 Å². The van der Waals surface area contributed by atoms with Crippen molar-refractivity contribution in [1.82, 2.24) is 5.32 Å². The summed E-state index contributed by atoms with van der Waals surface area (Å²) in [6.07, 6.45) is 10.5. The summed E-state index contributed by atoms with van der Waals surface area (Å²) in [6.45, 7) is 7.19. The molecule has 0 radical (unpaired) electrons. The zero-order valence-electron chi connectivity index (χ0n) is 11.5. The van der Waals surface area contributed by atoms with Crippen LogP contribution in [0.2, 0.25) is 0 Å². The van der Waals surface area contributed by atoms with Crippen molar-refractivity contribution in [2.75, 3.05) is 12.0 Å². The van der Waals surface area contributed by atoms with Gasteiger partial charge in [-0.25, -0.2) is 0 Å². The van der Waals surface area contributed by atoms with Crippen LogP contribution in [0.3, 0.4) is 0 Å². The molecule has 1 aliphatic rings. The van der Waals surface area contributed by atoms with E-state index in [1.165, 1.54) is 44.3 Å². The Kier molecular flexibility index (Phi) is 6.20. The van der Waals surface area contributed by atoms with Gasteiger partial charge in [-0.1, -0.05) is 20.3 Å². The monoisotopic (exact) mass is 243 g/mol. The van der Waals surface area contributed by atoms with Gasteiger partial charge < -0.3 is 5.32 Å². The molecule has 16 heavy (non-hydrogen) atoms. The van der Waals surface area contributed by atoms with Crippen LogP contribution in [0.15, 0.2) is 0 Å². The van der Waals surface area contributed by atoms with Gasteiger partial charge >= 0.3 is 0 Å². The predicted octanol–water partition coefficient (Wildman–Crippen LogP) is 4.08. The highest BCUT2D eigenvalue weighted by molar-refractivity contribution is 7.98. The van der Waals surface area contributed by atoms with Gasteiger partial charge in [-0.2, -0.15) is 11.8 Å². The zero-order chi connectivity index (χ0) is 12.0. The van der Waals surface area contributed by atoms with E-state index < -0.39 is 0 Å². The number of hydrogen-bond acceptors (Lipinski definition) is 2. The Bertz CT molecular complexity index is 191. The first kappa shape index (κ1) is 14.4. The summed E-state index contributed by atoms with van der Waals surface area (Å²) >= 11 is 1.96. The highest BCUT2D eigenvalue weighted by Crippen LogP contribution is 2.33. The van der Waals surface area contributed by atoms with Crippen LogP contribution in [0.5, 0.6) is 0 Å². The molecule has 0 spiro atoms. The molecule has 0 aliphatic heterocycles. The molecular formula is C14H29NS. The summed E-state index contributed by atoms with van der Waals surface area (Å²) in [4.78, 5) is 0. The summed E-state index contributed by atoms with van der Waals surface area (Å²) < 4.78 is 0. The molecule has 2 heteroatoms. The van der Waals surface area contributed by atoms with Crippen molar-refractivity contribution in [3.8, 4) is 0 Å². The first-order chi connectivity index (χ1) is 7.53. The van der Waals surface area contributed by atoms with E-state index in [2.05, 4.69) is 32.3 Å².